The first-order valence-corrected chi connectivity index (χ1v) is 6.39. The summed E-state index contributed by atoms with van der Waals surface area (Å²) in [7, 11) is 1.25. The highest BCUT2D eigenvalue weighted by Crippen LogP contribution is 2.30. The van der Waals surface area contributed by atoms with E-state index in [1.807, 2.05) is 30.5 Å². The molecule has 1 heterocycles. The summed E-state index contributed by atoms with van der Waals surface area (Å²) in [6.07, 6.45) is -1.29. The van der Waals surface area contributed by atoms with Crippen LogP contribution in [0.25, 0.3) is 10.9 Å². The van der Waals surface area contributed by atoms with Crippen LogP contribution in [0, 0.1) is 0 Å². The number of ether oxygens (including phenoxy) is 1. The average molecular weight is 282 g/mol. The van der Waals surface area contributed by atoms with Gasteiger partial charge in [-0.05, 0) is 38.1 Å². The minimum atomic E-state index is -1.29. The van der Waals surface area contributed by atoms with Gasteiger partial charge in [-0.3, -0.25) is 0 Å². The average Bonchev–Trinajstić information content (AvgIpc) is 2.75. The van der Waals surface area contributed by atoms with Crippen molar-refractivity contribution in [1.82, 2.24) is 4.57 Å². The van der Waals surface area contributed by atoms with Crippen LogP contribution < -0.4 is 0 Å². The highest BCUT2D eigenvalue weighted by Gasteiger charge is 2.24. The summed E-state index contributed by atoms with van der Waals surface area (Å²) in [5.41, 5.74) is 1.44. The number of aliphatic hydroxyl groups is 1. The van der Waals surface area contributed by atoms with Crippen LogP contribution in [0.4, 0.5) is 0 Å². The third-order valence-electron chi connectivity index (χ3n) is 3.05. The topological polar surface area (TPSA) is 51.5 Å². The minimum absolute atomic E-state index is 0.105. The molecule has 0 spiro atoms. The zero-order valence-corrected chi connectivity index (χ0v) is 11.8. The quantitative estimate of drug-likeness (QED) is 0.880. The van der Waals surface area contributed by atoms with E-state index in [1.54, 1.807) is 12.1 Å². The number of halogens is 1. The van der Waals surface area contributed by atoms with Gasteiger partial charge in [-0.1, -0.05) is 11.6 Å². The van der Waals surface area contributed by atoms with E-state index >= 15 is 0 Å². The predicted octanol–water partition coefficient (Wildman–Crippen LogP) is 3.08. The van der Waals surface area contributed by atoms with Crippen LogP contribution in [0.2, 0.25) is 5.02 Å². The lowest BCUT2D eigenvalue weighted by Crippen LogP contribution is -2.18. The number of benzene rings is 1. The molecule has 19 heavy (non-hydrogen) atoms. The number of aliphatic hydroxyl groups excluding tert-OH is 1. The molecule has 0 bridgehead atoms. The molecule has 0 saturated heterocycles. The highest BCUT2D eigenvalue weighted by atomic mass is 35.5. The standard InChI is InChI=1S/C14H16ClNO3/c1-8(2)16-11-5-4-10(15)6-9(11)7-12(16)13(17)14(18)19-3/h4-8,13,17H,1-3H3. The second-order valence-corrected chi connectivity index (χ2v) is 5.10. The molecular weight excluding hydrogens is 266 g/mol. The van der Waals surface area contributed by atoms with Crippen LogP contribution >= 0.6 is 11.6 Å². The SMILES string of the molecule is COC(=O)C(O)c1cc2cc(Cl)ccc2n1C(C)C. The van der Waals surface area contributed by atoms with Gasteiger partial charge >= 0.3 is 5.97 Å². The van der Waals surface area contributed by atoms with E-state index in [4.69, 9.17) is 11.6 Å². The number of rotatable bonds is 3. The molecule has 0 amide bonds. The van der Waals surface area contributed by atoms with Crippen molar-refractivity contribution in [2.24, 2.45) is 0 Å². The number of hydrogen-bond acceptors (Lipinski definition) is 3. The molecule has 102 valence electrons. The molecule has 1 atom stereocenters. The molecule has 0 saturated carbocycles. The van der Waals surface area contributed by atoms with E-state index in [9.17, 15) is 9.90 Å². The number of fused-ring (bicyclic) bond motifs is 1. The van der Waals surface area contributed by atoms with Crippen molar-refractivity contribution in [1.29, 1.82) is 0 Å². The summed E-state index contributed by atoms with van der Waals surface area (Å²) in [6, 6.07) is 7.35. The molecule has 0 radical (unpaired) electrons. The minimum Gasteiger partial charge on any atom is -0.467 e. The fraction of sp³-hybridized carbons (Fsp3) is 0.357. The van der Waals surface area contributed by atoms with E-state index in [0.717, 1.165) is 10.9 Å². The van der Waals surface area contributed by atoms with Crippen LogP contribution in [-0.4, -0.2) is 22.8 Å². The summed E-state index contributed by atoms with van der Waals surface area (Å²) in [6.45, 7) is 3.98. The Kier molecular flexibility index (Phi) is 3.83. The number of aromatic nitrogens is 1. The Bertz CT molecular complexity index is 618. The number of methoxy groups -OCH3 is 1. The fourth-order valence-electron chi connectivity index (χ4n) is 2.25. The van der Waals surface area contributed by atoms with Crippen molar-refractivity contribution in [3.8, 4) is 0 Å². The zero-order chi connectivity index (χ0) is 14.2. The molecule has 5 heteroatoms. The van der Waals surface area contributed by atoms with Crippen molar-refractivity contribution < 1.29 is 14.6 Å². The van der Waals surface area contributed by atoms with Crippen LogP contribution in [0.3, 0.4) is 0 Å². The monoisotopic (exact) mass is 281 g/mol. The van der Waals surface area contributed by atoms with E-state index in [-0.39, 0.29) is 6.04 Å². The van der Waals surface area contributed by atoms with E-state index in [1.165, 1.54) is 7.11 Å². The first kappa shape index (κ1) is 13.9. The normalized spacial score (nSPS) is 12.9. The molecule has 0 aliphatic carbocycles. The summed E-state index contributed by atoms with van der Waals surface area (Å²) >= 11 is 5.97. The summed E-state index contributed by atoms with van der Waals surface area (Å²) < 4.78 is 6.50. The lowest BCUT2D eigenvalue weighted by Gasteiger charge is -2.17. The maximum atomic E-state index is 11.5. The van der Waals surface area contributed by atoms with Gasteiger partial charge in [0, 0.05) is 22.0 Å². The Balaban J connectivity index is 2.66. The van der Waals surface area contributed by atoms with Crippen molar-refractivity contribution >= 4 is 28.5 Å². The summed E-state index contributed by atoms with van der Waals surface area (Å²) in [4.78, 5) is 11.5. The van der Waals surface area contributed by atoms with Crippen LogP contribution in [-0.2, 0) is 9.53 Å². The number of nitrogens with zero attached hydrogens (tertiary/aromatic N) is 1. The molecule has 0 fully saturated rings. The van der Waals surface area contributed by atoms with Gasteiger partial charge in [0.1, 0.15) is 0 Å². The molecule has 4 nitrogen and oxygen atoms in total. The van der Waals surface area contributed by atoms with Gasteiger partial charge in [-0.25, -0.2) is 4.79 Å². The van der Waals surface area contributed by atoms with Gasteiger partial charge in [-0.15, -0.1) is 0 Å². The van der Waals surface area contributed by atoms with Gasteiger partial charge in [0.2, 0.25) is 0 Å². The maximum absolute atomic E-state index is 11.5. The van der Waals surface area contributed by atoms with Crippen molar-refractivity contribution in [3.63, 3.8) is 0 Å². The van der Waals surface area contributed by atoms with Gasteiger partial charge < -0.3 is 14.4 Å². The first-order chi connectivity index (χ1) is 8.95. The second kappa shape index (κ2) is 5.23. The number of hydrogen-bond donors (Lipinski definition) is 1. The maximum Gasteiger partial charge on any atom is 0.340 e. The third-order valence-corrected chi connectivity index (χ3v) is 3.29. The fourth-order valence-corrected chi connectivity index (χ4v) is 2.43. The van der Waals surface area contributed by atoms with Gasteiger partial charge in [0.15, 0.2) is 6.10 Å². The highest BCUT2D eigenvalue weighted by molar-refractivity contribution is 6.31. The zero-order valence-electron chi connectivity index (χ0n) is 11.1. The Morgan fingerprint density at radius 1 is 1.37 bits per heavy atom. The van der Waals surface area contributed by atoms with E-state index < -0.39 is 12.1 Å². The molecule has 1 aromatic carbocycles. The Morgan fingerprint density at radius 2 is 2.05 bits per heavy atom. The van der Waals surface area contributed by atoms with Crippen molar-refractivity contribution in [2.45, 2.75) is 26.0 Å². The Hall–Kier alpha value is -1.52. The Morgan fingerprint density at radius 3 is 2.63 bits per heavy atom. The number of carbonyl (C=O) groups excluding carboxylic acids is 1. The van der Waals surface area contributed by atoms with Crippen molar-refractivity contribution in [2.75, 3.05) is 7.11 Å². The molecular formula is C14H16ClNO3. The predicted molar refractivity (Wildman–Crippen MR) is 74.3 cm³/mol. The smallest absolute Gasteiger partial charge is 0.340 e. The molecule has 0 aliphatic heterocycles. The summed E-state index contributed by atoms with van der Waals surface area (Å²) in [5.74, 6) is -0.671. The van der Waals surface area contributed by atoms with Gasteiger partial charge in [0.05, 0.1) is 12.8 Å². The van der Waals surface area contributed by atoms with Crippen LogP contribution in [0.15, 0.2) is 24.3 Å². The van der Waals surface area contributed by atoms with E-state index in [2.05, 4.69) is 4.74 Å². The lowest BCUT2D eigenvalue weighted by molar-refractivity contribution is -0.151. The van der Waals surface area contributed by atoms with Crippen molar-refractivity contribution in [3.05, 3.63) is 35.0 Å². The molecule has 1 unspecified atom stereocenters. The lowest BCUT2D eigenvalue weighted by atomic mass is 10.2. The Labute approximate surface area is 116 Å². The largest absolute Gasteiger partial charge is 0.467 e. The van der Waals surface area contributed by atoms with Crippen LogP contribution in [0.1, 0.15) is 31.7 Å². The molecule has 2 aromatic rings. The summed E-state index contributed by atoms with van der Waals surface area (Å²) in [5, 5.41) is 11.6. The van der Waals surface area contributed by atoms with Gasteiger partial charge in [0.25, 0.3) is 0 Å². The van der Waals surface area contributed by atoms with E-state index in [0.29, 0.717) is 10.7 Å². The molecule has 2 rings (SSSR count). The number of esters is 1. The molecule has 1 aromatic heterocycles. The molecule has 1 N–H and O–H groups in total. The van der Waals surface area contributed by atoms with Crippen LogP contribution in [0.5, 0.6) is 0 Å². The van der Waals surface area contributed by atoms with Gasteiger partial charge in [-0.2, -0.15) is 0 Å². The second-order valence-electron chi connectivity index (χ2n) is 4.66. The first-order valence-electron chi connectivity index (χ1n) is 6.02. The third kappa shape index (κ3) is 2.46. The number of carbonyl (C=O) groups is 1. The molecule has 0 aliphatic rings.